The topological polar surface area (TPSA) is 25.9 Å². The molecular formula is C40H50I4N8Rh2. The first kappa shape index (κ1) is 48.3. The molecule has 54 heavy (non-hydrogen) atoms. The summed E-state index contributed by atoms with van der Waals surface area (Å²) in [6, 6.07) is 19.2. The summed E-state index contributed by atoms with van der Waals surface area (Å²) in [7, 11) is 1.54. The van der Waals surface area contributed by atoms with Crippen LogP contribution in [0.5, 0.6) is 0 Å². The molecule has 296 valence electrons. The molecule has 0 fully saturated rings. The van der Waals surface area contributed by atoms with Gasteiger partial charge in [-0.3, -0.25) is 0 Å². The summed E-state index contributed by atoms with van der Waals surface area (Å²) in [6.45, 7) is 26.3. The second-order valence-corrected chi connectivity index (χ2v) is 37.5. The molecule has 4 heterocycles. The average molecular weight is 1360 g/mol. The van der Waals surface area contributed by atoms with E-state index in [4.69, 9.17) is 0 Å². The minimum absolute atomic E-state index is 0.770. The summed E-state index contributed by atoms with van der Waals surface area (Å²) in [5.41, 5.74) is 3.96. The zero-order valence-corrected chi connectivity index (χ0v) is 43.2. The second kappa shape index (κ2) is 29.2. The van der Waals surface area contributed by atoms with Crippen molar-refractivity contribution < 1.29 is 20.2 Å². The fraction of sp³-hybridized carbons (Fsp3) is 0.400. The summed E-state index contributed by atoms with van der Waals surface area (Å²) in [6.07, 6.45) is 25.8. The molecule has 0 N–H and O–H groups in total. The summed E-state index contributed by atoms with van der Waals surface area (Å²) in [4.78, 5) is 16.4. The van der Waals surface area contributed by atoms with Crippen LogP contribution >= 0.6 is 79.0 Å². The number of hydrogen-bond acceptors (Lipinski definition) is 8. The Bertz CT molecular complexity index is 1230. The van der Waals surface area contributed by atoms with Gasteiger partial charge in [0.1, 0.15) is 0 Å². The van der Waals surface area contributed by atoms with Crippen molar-refractivity contribution in [1.82, 2.24) is 19.6 Å². The summed E-state index contributed by atoms with van der Waals surface area (Å²) < 4.78 is 0. The predicted molar refractivity (Wildman–Crippen MR) is 253 cm³/mol. The van der Waals surface area contributed by atoms with E-state index in [1.54, 1.807) is 0 Å². The molecule has 2 aromatic rings. The number of halogens is 4. The monoisotopic (exact) mass is 1360 g/mol. The number of unbranched alkanes of at least 4 members (excludes halogenated alkanes) is 4. The molecule has 4 aliphatic rings. The maximum absolute atomic E-state index is 3.45. The van der Waals surface area contributed by atoms with Gasteiger partial charge in [-0.2, -0.15) is 12.1 Å². The number of rotatable bonds is 16. The molecule has 2 aromatic carbocycles. The molecule has 8 nitrogen and oxygen atoms in total. The number of hydrogen-bond donors (Lipinski definition) is 0. The van der Waals surface area contributed by atoms with E-state index in [0.29, 0.717) is 0 Å². The molecule has 0 aliphatic carbocycles. The van der Waals surface area contributed by atoms with E-state index >= 15 is 0 Å². The Balaban J connectivity index is 0.000000254. The quantitative estimate of drug-likeness (QED) is 0.0932. The molecule has 0 saturated heterocycles. The van der Waals surface area contributed by atoms with E-state index in [1.165, 1.54) is 51.4 Å². The van der Waals surface area contributed by atoms with Gasteiger partial charge in [-0.05, 0) is 25.7 Å². The second-order valence-electron chi connectivity index (χ2n) is 12.2. The van der Waals surface area contributed by atoms with E-state index in [0.717, 1.165) is 69.1 Å². The van der Waals surface area contributed by atoms with E-state index in [1.807, 2.05) is 44.4 Å². The number of benzene rings is 2. The Morgan fingerprint density at radius 2 is 0.648 bits per heavy atom. The van der Waals surface area contributed by atoms with E-state index in [9.17, 15) is 0 Å². The Labute approximate surface area is 386 Å². The summed E-state index contributed by atoms with van der Waals surface area (Å²) in [5, 5.41) is 0. The van der Waals surface area contributed by atoms with Crippen LogP contribution in [0.4, 0.5) is 22.7 Å². The normalized spacial score (nSPS) is 15.7. The zero-order valence-electron chi connectivity index (χ0n) is 31.3. The maximum atomic E-state index is 3.45. The summed E-state index contributed by atoms with van der Waals surface area (Å²) >= 11 is 9.38. The van der Waals surface area contributed by atoms with Gasteiger partial charge in [-0.25, -0.2) is 0 Å². The van der Waals surface area contributed by atoms with Gasteiger partial charge in [0.05, 0.1) is 0 Å². The Morgan fingerprint density at radius 3 is 0.852 bits per heavy atom. The van der Waals surface area contributed by atoms with Crippen molar-refractivity contribution in [2.75, 3.05) is 45.8 Å². The summed E-state index contributed by atoms with van der Waals surface area (Å²) in [5.74, 6) is 0. The molecule has 6 rings (SSSR count). The predicted octanol–water partition coefficient (Wildman–Crippen LogP) is 12.1. The Morgan fingerprint density at radius 1 is 0.426 bits per heavy atom. The fourth-order valence-electron chi connectivity index (χ4n) is 5.21. The number of nitrogens with zero attached hydrogens (tertiary/aromatic N) is 8. The van der Waals surface area contributed by atoms with Crippen LogP contribution in [0.25, 0.3) is 0 Å². The Kier molecular flexibility index (Phi) is 26.2. The zero-order chi connectivity index (χ0) is 39.0. The minimum atomic E-state index is 0.770. The van der Waals surface area contributed by atoms with Crippen LogP contribution in [0.15, 0.2) is 86.0 Å². The van der Waals surface area contributed by atoms with Crippen LogP contribution < -0.4 is 19.6 Å². The van der Waals surface area contributed by atoms with Crippen LogP contribution in [0.1, 0.15) is 79.1 Å². The van der Waals surface area contributed by atoms with Crippen LogP contribution in [-0.2, 0) is 20.2 Å². The van der Waals surface area contributed by atoms with Gasteiger partial charge in [0.15, 0.2) is 0 Å². The van der Waals surface area contributed by atoms with Crippen molar-refractivity contribution in [3.05, 3.63) is 125 Å². The van der Waals surface area contributed by atoms with Gasteiger partial charge < -0.3 is 39.2 Å². The first-order valence-corrected chi connectivity index (χ1v) is 37.7. The van der Waals surface area contributed by atoms with Gasteiger partial charge in [0, 0.05) is 75.8 Å². The van der Waals surface area contributed by atoms with Gasteiger partial charge in [0.2, 0.25) is 26.7 Å². The van der Waals surface area contributed by atoms with Crippen molar-refractivity contribution in [2.45, 2.75) is 79.1 Å². The fourth-order valence-corrected chi connectivity index (χ4v) is 5.21. The molecule has 0 amide bonds. The van der Waals surface area contributed by atoms with Crippen LogP contribution in [-0.4, -0.2) is 45.8 Å². The Hall–Kier alpha value is -0.0332. The number of anilines is 4. The van der Waals surface area contributed by atoms with E-state index in [-0.39, 0.29) is 0 Å². The van der Waals surface area contributed by atoms with Gasteiger partial charge in [0.25, 0.3) is 0 Å². The first-order chi connectivity index (χ1) is 26.4. The molecule has 0 aromatic heterocycles. The van der Waals surface area contributed by atoms with Crippen molar-refractivity contribution in [3.8, 4) is 0 Å². The van der Waals surface area contributed by atoms with Crippen LogP contribution in [0, 0.1) is 38.8 Å². The van der Waals surface area contributed by atoms with E-state index < -0.39 is 0 Å². The van der Waals surface area contributed by atoms with Crippen LogP contribution in [0.2, 0.25) is 0 Å². The van der Waals surface area contributed by atoms with Gasteiger partial charge in [-0.1, -0.05) is 76.1 Å². The average Bonchev–Trinajstić information content (AvgIpc) is 4.04. The van der Waals surface area contributed by atoms with Gasteiger partial charge >= 0.3 is 99.2 Å². The molecule has 14 heteroatoms. The third-order valence-electron chi connectivity index (χ3n) is 8.10. The van der Waals surface area contributed by atoms with Gasteiger partial charge in [-0.15, -0.1) is 36.4 Å². The molecule has 8 radical (unpaired) electrons. The molecule has 0 unspecified atom stereocenters. The SMILES string of the molecule is CCCCN1[C]N(c2[c-]c(N3[C]N(CCCC)C=C3)ccc2)C=C1.CCCCN1[C]N(c2[c-]c(N3[C]N(CCCC)C=C3)ccc2)C=C1.[I][Rh+][I].[I][Rh+][I]. The molecule has 0 bridgehead atoms. The standard InChI is InChI=1S/2C20H25N4.4HI.2Rh/c2*1-3-5-10-21-12-14-23(17-21)19-8-7-9-20(16-19)24-15-13-22(18-24)11-6-4-2;;;;;;/h2*7-9,12-15H,3-6,10-11H2,1-2H3;4*1H;;/q2*-1;;;;;2*+3/p-4. The van der Waals surface area contributed by atoms with Crippen molar-refractivity contribution in [1.29, 1.82) is 0 Å². The van der Waals surface area contributed by atoms with E-state index in [2.05, 4.69) is 226 Å². The molecular weight excluding hydrogens is 1310 g/mol. The third-order valence-corrected chi connectivity index (χ3v) is 8.10. The first-order valence-electron chi connectivity index (χ1n) is 18.2. The molecule has 0 spiro atoms. The van der Waals surface area contributed by atoms with Crippen molar-refractivity contribution in [3.63, 3.8) is 0 Å². The van der Waals surface area contributed by atoms with Crippen molar-refractivity contribution >= 4 is 102 Å². The molecule has 0 atom stereocenters. The molecule has 4 aliphatic heterocycles. The van der Waals surface area contributed by atoms with Crippen molar-refractivity contribution in [2.24, 2.45) is 0 Å². The third kappa shape index (κ3) is 17.4. The molecule has 0 saturated carbocycles. The van der Waals surface area contributed by atoms with Crippen LogP contribution in [0.3, 0.4) is 0 Å².